The number of halogens is 2. The van der Waals surface area contributed by atoms with Gasteiger partial charge >= 0.3 is 5.69 Å². The van der Waals surface area contributed by atoms with E-state index in [2.05, 4.69) is 15.6 Å². The molecule has 0 fully saturated rings. The molecular weight excluding hydrogens is 373 g/mol. The topological polar surface area (TPSA) is 74.3 Å². The molecule has 0 unspecified atom stereocenters. The van der Waals surface area contributed by atoms with Crippen LogP contribution < -0.4 is 5.69 Å². The van der Waals surface area contributed by atoms with Crippen LogP contribution in [0.4, 0.5) is 4.39 Å². The van der Waals surface area contributed by atoms with Crippen molar-refractivity contribution in [1.82, 2.24) is 19.8 Å². The minimum atomic E-state index is -0.398. The average Bonchev–Trinajstić information content (AvgIpc) is 3.22. The van der Waals surface area contributed by atoms with Gasteiger partial charge in [0.2, 0.25) is 0 Å². The molecule has 1 aliphatic rings. The number of aryl methyl sites for hydroxylation is 1. The maximum Gasteiger partial charge on any atom is 0.368 e. The second kappa shape index (κ2) is 6.96. The summed E-state index contributed by atoms with van der Waals surface area (Å²) >= 11 is 6.29. The van der Waals surface area contributed by atoms with E-state index in [-0.39, 0.29) is 12.4 Å². The minimum absolute atomic E-state index is 0.0339. The van der Waals surface area contributed by atoms with E-state index in [1.807, 2.05) is 6.07 Å². The molecule has 2 aromatic carbocycles. The van der Waals surface area contributed by atoms with Gasteiger partial charge in [0.25, 0.3) is 0 Å². The lowest BCUT2D eigenvalue weighted by Crippen LogP contribution is -2.23. The van der Waals surface area contributed by atoms with Crippen molar-refractivity contribution in [3.63, 3.8) is 0 Å². The van der Waals surface area contributed by atoms with Crippen molar-refractivity contribution in [3.8, 4) is 5.69 Å². The number of aromatic nitrogens is 4. The molecule has 9 heteroatoms. The fourth-order valence-electron chi connectivity index (χ4n) is 3.08. The van der Waals surface area contributed by atoms with Gasteiger partial charge in [0.1, 0.15) is 12.4 Å². The van der Waals surface area contributed by atoms with Crippen LogP contribution in [0.1, 0.15) is 23.1 Å². The highest BCUT2D eigenvalue weighted by molar-refractivity contribution is 6.31. The van der Waals surface area contributed by atoms with Gasteiger partial charge < -0.3 is 4.84 Å². The molecular formula is C18H15ClFN5O2. The first-order valence-electron chi connectivity index (χ1n) is 8.29. The third kappa shape index (κ3) is 3.12. The standard InChI is InChI=1S/C18H15ClFN5O2/c1-24-18(26)25(23-22-24)17-7-3-5-14(19)13(17)10-27-21-16-9-8-11-12(16)4-2-6-15(11)20/h2-7H,8-10H2,1H3. The van der Waals surface area contributed by atoms with Gasteiger partial charge in [-0.1, -0.05) is 35.0 Å². The van der Waals surface area contributed by atoms with Crippen molar-refractivity contribution in [2.75, 3.05) is 0 Å². The zero-order valence-corrected chi connectivity index (χ0v) is 15.1. The van der Waals surface area contributed by atoms with Crippen LogP contribution in [0.3, 0.4) is 0 Å². The average molecular weight is 388 g/mol. The molecule has 0 radical (unpaired) electrons. The summed E-state index contributed by atoms with van der Waals surface area (Å²) in [7, 11) is 1.51. The maximum atomic E-state index is 13.8. The highest BCUT2D eigenvalue weighted by Gasteiger charge is 2.21. The maximum absolute atomic E-state index is 13.8. The van der Waals surface area contributed by atoms with Crippen molar-refractivity contribution >= 4 is 17.3 Å². The molecule has 4 rings (SSSR count). The summed E-state index contributed by atoms with van der Waals surface area (Å²) in [5.41, 5.74) is 2.74. The number of nitrogens with zero attached hydrogens (tertiary/aromatic N) is 5. The Morgan fingerprint density at radius 3 is 2.81 bits per heavy atom. The first kappa shape index (κ1) is 17.4. The van der Waals surface area contributed by atoms with Crippen LogP contribution in [0.25, 0.3) is 5.69 Å². The van der Waals surface area contributed by atoms with Crippen LogP contribution in [0.2, 0.25) is 5.02 Å². The lowest BCUT2D eigenvalue weighted by atomic mass is 10.1. The third-order valence-electron chi connectivity index (χ3n) is 4.47. The molecule has 0 aliphatic heterocycles. The molecule has 0 amide bonds. The summed E-state index contributed by atoms with van der Waals surface area (Å²) in [6.45, 7) is 0.0339. The van der Waals surface area contributed by atoms with Gasteiger partial charge in [-0.05, 0) is 47.0 Å². The van der Waals surface area contributed by atoms with Gasteiger partial charge in [0, 0.05) is 23.2 Å². The third-order valence-corrected chi connectivity index (χ3v) is 4.82. The van der Waals surface area contributed by atoms with Gasteiger partial charge in [-0.15, -0.1) is 0 Å². The number of tetrazole rings is 1. The zero-order chi connectivity index (χ0) is 19.0. The summed E-state index contributed by atoms with van der Waals surface area (Å²) in [4.78, 5) is 17.6. The van der Waals surface area contributed by atoms with Crippen LogP contribution in [0.5, 0.6) is 0 Å². The van der Waals surface area contributed by atoms with E-state index in [1.165, 1.54) is 13.1 Å². The van der Waals surface area contributed by atoms with E-state index in [4.69, 9.17) is 16.4 Å². The van der Waals surface area contributed by atoms with E-state index < -0.39 is 5.69 Å². The number of hydrogen-bond donors (Lipinski definition) is 0. The zero-order valence-electron chi connectivity index (χ0n) is 14.4. The van der Waals surface area contributed by atoms with Crippen LogP contribution in [-0.4, -0.2) is 25.5 Å². The molecule has 0 saturated carbocycles. The largest absolute Gasteiger partial charge is 0.391 e. The number of hydrogen-bond acceptors (Lipinski definition) is 5. The quantitative estimate of drug-likeness (QED) is 0.645. The molecule has 1 aliphatic carbocycles. The summed E-state index contributed by atoms with van der Waals surface area (Å²) in [5.74, 6) is -0.229. The Kier molecular flexibility index (Phi) is 4.49. The summed E-state index contributed by atoms with van der Waals surface area (Å²) in [6.07, 6.45) is 1.20. The Hall–Kier alpha value is -3.00. The van der Waals surface area contributed by atoms with E-state index in [0.29, 0.717) is 40.4 Å². The van der Waals surface area contributed by atoms with Gasteiger partial charge in [-0.25, -0.2) is 9.18 Å². The molecule has 138 valence electrons. The molecule has 3 aromatic rings. The second-order valence-electron chi connectivity index (χ2n) is 6.11. The summed E-state index contributed by atoms with van der Waals surface area (Å²) in [6, 6.07) is 10.0. The van der Waals surface area contributed by atoms with E-state index in [0.717, 1.165) is 14.9 Å². The lowest BCUT2D eigenvalue weighted by Gasteiger charge is -2.09. The van der Waals surface area contributed by atoms with Crippen LogP contribution in [0, 0.1) is 5.82 Å². The number of benzene rings is 2. The van der Waals surface area contributed by atoms with Crippen LogP contribution in [-0.2, 0) is 24.9 Å². The number of oxime groups is 1. The first-order valence-corrected chi connectivity index (χ1v) is 8.67. The smallest absolute Gasteiger partial charge is 0.368 e. The Bertz CT molecular complexity index is 1110. The fourth-order valence-corrected chi connectivity index (χ4v) is 3.31. The van der Waals surface area contributed by atoms with E-state index >= 15 is 0 Å². The van der Waals surface area contributed by atoms with Crippen molar-refractivity contribution in [1.29, 1.82) is 0 Å². The van der Waals surface area contributed by atoms with Crippen LogP contribution in [0.15, 0.2) is 46.3 Å². The molecule has 0 bridgehead atoms. The highest BCUT2D eigenvalue weighted by atomic mass is 35.5. The number of fused-ring (bicyclic) bond motifs is 1. The van der Waals surface area contributed by atoms with Gasteiger partial charge in [0.05, 0.1) is 11.4 Å². The highest BCUT2D eigenvalue weighted by Crippen LogP contribution is 2.26. The van der Waals surface area contributed by atoms with Gasteiger partial charge in [0.15, 0.2) is 0 Å². The SMILES string of the molecule is Cn1nnn(-c2cccc(Cl)c2CON=C2CCc3c(F)cccc32)c1=O. The number of rotatable bonds is 4. The molecule has 0 saturated heterocycles. The molecule has 0 atom stereocenters. The summed E-state index contributed by atoms with van der Waals surface area (Å²) < 4.78 is 16.1. The Morgan fingerprint density at radius 2 is 2.04 bits per heavy atom. The molecule has 7 nitrogen and oxygen atoms in total. The Labute approximate surface area is 158 Å². The summed E-state index contributed by atoms with van der Waals surface area (Å²) in [5, 5.41) is 12.1. The monoisotopic (exact) mass is 387 g/mol. The molecule has 0 N–H and O–H groups in total. The predicted molar refractivity (Wildman–Crippen MR) is 97.7 cm³/mol. The van der Waals surface area contributed by atoms with Gasteiger partial charge in [-0.2, -0.15) is 9.36 Å². The molecule has 27 heavy (non-hydrogen) atoms. The van der Waals surface area contributed by atoms with Crippen LogP contribution >= 0.6 is 11.6 Å². The Morgan fingerprint density at radius 1 is 1.22 bits per heavy atom. The van der Waals surface area contributed by atoms with E-state index in [9.17, 15) is 9.18 Å². The predicted octanol–water partition coefficient (Wildman–Crippen LogP) is 2.63. The minimum Gasteiger partial charge on any atom is -0.391 e. The van der Waals surface area contributed by atoms with Gasteiger partial charge in [-0.3, -0.25) is 0 Å². The van der Waals surface area contributed by atoms with Crippen molar-refractivity contribution in [3.05, 3.63) is 74.4 Å². The molecule has 0 spiro atoms. The van der Waals surface area contributed by atoms with Crippen molar-refractivity contribution < 1.29 is 9.23 Å². The fraction of sp³-hybridized carbons (Fsp3) is 0.222. The normalized spacial score (nSPS) is 14.6. The second-order valence-corrected chi connectivity index (χ2v) is 6.52. The molecule has 1 aromatic heterocycles. The Balaban J connectivity index is 1.61. The molecule has 1 heterocycles. The van der Waals surface area contributed by atoms with Crippen molar-refractivity contribution in [2.24, 2.45) is 12.2 Å². The lowest BCUT2D eigenvalue weighted by molar-refractivity contribution is 0.130. The first-order chi connectivity index (χ1) is 13.1. The van der Waals surface area contributed by atoms with E-state index in [1.54, 1.807) is 24.3 Å². The van der Waals surface area contributed by atoms with Crippen molar-refractivity contribution in [2.45, 2.75) is 19.4 Å².